The van der Waals surface area contributed by atoms with Crippen LogP contribution in [0.15, 0.2) is 4.99 Å². The number of amidine groups is 1. The molecule has 2 N–H and O–H groups in total. The van der Waals surface area contributed by atoms with Crippen molar-refractivity contribution < 1.29 is 4.79 Å². The summed E-state index contributed by atoms with van der Waals surface area (Å²) in [5, 5.41) is 0.424. The summed E-state index contributed by atoms with van der Waals surface area (Å²) >= 11 is 1.38. The minimum Gasteiger partial charge on any atom is -0.378 e. The number of carbonyl (C=O) groups is 1. The quantitative estimate of drug-likeness (QED) is 0.645. The average Bonchev–Trinajstić information content (AvgIpc) is 2.13. The fourth-order valence-corrected chi connectivity index (χ4v) is 1.79. The second kappa shape index (κ2) is 3.05. The van der Waals surface area contributed by atoms with Crippen LogP contribution < -0.4 is 5.73 Å². The van der Waals surface area contributed by atoms with Crippen molar-refractivity contribution >= 4 is 22.8 Å². The molecule has 1 aliphatic heterocycles. The Morgan fingerprint density at radius 2 is 2.50 bits per heavy atom. The molecule has 1 heterocycles. The summed E-state index contributed by atoms with van der Waals surface area (Å²) in [5.74, 6) is -0.0654. The molecule has 0 unspecified atom stereocenters. The Labute approximate surface area is 64.1 Å². The van der Waals surface area contributed by atoms with Crippen LogP contribution in [0.1, 0.15) is 19.8 Å². The number of rotatable bonds is 2. The van der Waals surface area contributed by atoms with Gasteiger partial charge in [-0.15, -0.1) is 0 Å². The number of hydrogen-bond acceptors (Lipinski definition) is 3. The number of amides is 1. The fourth-order valence-electron chi connectivity index (χ4n) is 0.848. The molecule has 0 spiro atoms. The minimum absolute atomic E-state index is 0.00463. The van der Waals surface area contributed by atoms with Gasteiger partial charge in [-0.2, -0.15) is 4.99 Å². The normalized spacial score (nSPS) is 25.1. The predicted molar refractivity (Wildman–Crippen MR) is 42.9 cm³/mol. The maximum atomic E-state index is 10.9. The Balaban J connectivity index is 2.47. The van der Waals surface area contributed by atoms with Crippen LogP contribution in [0.4, 0.5) is 0 Å². The molecular formula is C6H10N2OS. The van der Waals surface area contributed by atoms with Crippen LogP contribution in [0.25, 0.3) is 0 Å². The summed E-state index contributed by atoms with van der Waals surface area (Å²) in [7, 11) is 0. The molecule has 4 heteroatoms. The highest BCUT2D eigenvalue weighted by molar-refractivity contribution is 8.15. The predicted octanol–water partition coefficient (Wildman–Crippen LogP) is 0.743. The number of nitrogens with zero attached hydrogens (tertiary/aromatic N) is 1. The lowest BCUT2D eigenvalue weighted by Crippen LogP contribution is -2.09. The van der Waals surface area contributed by atoms with Crippen LogP contribution in [0, 0.1) is 0 Å². The summed E-state index contributed by atoms with van der Waals surface area (Å²) < 4.78 is 0. The molecule has 56 valence electrons. The highest BCUT2D eigenvalue weighted by Crippen LogP contribution is 2.23. The van der Waals surface area contributed by atoms with Gasteiger partial charge < -0.3 is 5.73 Å². The molecule has 0 aromatic carbocycles. The first kappa shape index (κ1) is 7.60. The van der Waals surface area contributed by atoms with Crippen LogP contribution in [0.2, 0.25) is 0 Å². The first-order valence-electron chi connectivity index (χ1n) is 3.28. The zero-order valence-electron chi connectivity index (χ0n) is 5.83. The van der Waals surface area contributed by atoms with Gasteiger partial charge in [0.2, 0.25) is 0 Å². The topological polar surface area (TPSA) is 55.4 Å². The number of nitrogens with two attached hydrogens (primary N) is 1. The van der Waals surface area contributed by atoms with Crippen molar-refractivity contribution in [2.24, 2.45) is 10.7 Å². The van der Waals surface area contributed by atoms with Gasteiger partial charge in [0, 0.05) is 0 Å². The minimum atomic E-state index is -0.0654. The summed E-state index contributed by atoms with van der Waals surface area (Å²) in [6.07, 6.45) is 1.89. The SMILES string of the molecule is CCC[C@H]1SC(N)=NC1=O. The molecule has 1 rings (SSSR count). The second-order valence-electron chi connectivity index (χ2n) is 2.18. The third-order valence-corrected chi connectivity index (χ3v) is 2.36. The molecule has 1 atom stereocenters. The monoisotopic (exact) mass is 158 g/mol. The van der Waals surface area contributed by atoms with E-state index in [1.54, 1.807) is 0 Å². The lowest BCUT2D eigenvalue weighted by molar-refractivity contribution is -0.117. The van der Waals surface area contributed by atoms with E-state index in [-0.39, 0.29) is 11.2 Å². The van der Waals surface area contributed by atoms with Crippen LogP contribution >= 0.6 is 11.8 Å². The van der Waals surface area contributed by atoms with Gasteiger partial charge in [-0.3, -0.25) is 4.79 Å². The molecular weight excluding hydrogens is 148 g/mol. The van der Waals surface area contributed by atoms with Gasteiger partial charge in [0.25, 0.3) is 5.91 Å². The van der Waals surface area contributed by atoms with E-state index in [0.29, 0.717) is 5.17 Å². The van der Waals surface area contributed by atoms with Crippen LogP contribution in [-0.4, -0.2) is 16.3 Å². The third kappa shape index (κ3) is 1.50. The van der Waals surface area contributed by atoms with E-state index in [0.717, 1.165) is 12.8 Å². The van der Waals surface area contributed by atoms with Crippen molar-refractivity contribution in [3.63, 3.8) is 0 Å². The summed E-state index contributed by atoms with van der Waals surface area (Å²) in [4.78, 5) is 14.5. The molecule has 1 aliphatic rings. The van der Waals surface area contributed by atoms with Crippen molar-refractivity contribution in [3.05, 3.63) is 0 Å². The molecule has 0 saturated carbocycles. The Morgan fingerprint density at radius 3 is 2.90 bits per heavy atom. The molecule has 10 heavy (non-hydrogen) atoms. The van der Waals surface area contributed by atoms with Crippen LogP contribution in [-0.2, 0) is 4.79 Å². The van der Waals surface area contributed by atoms with Gasteiger partial charge in [-0.05, 0) is 6.42 Å². The van der Waals surface area contributed by atoms with E-state index >= 15 is 0 Å². The summed E-state index contributed by atoms with van der Waals surface area (Å²) in [6, 6.07) is 0. The molecule has 1 amide bonds. The van der Waals surface area contributed by atoms with Crippen LogP contribution in [0.3, 0.4) is 0 Å². The molecule has 3 nitrogen and oxygen atoms in total. The van der Waals surface area contributed by atoms with E-state index in [1.165, 1.54) is 11.8 Å². The zero-order valence-corrected chi connectivity index (χ0v) is 6.65. The van der Waals surface area contributed by atoms with E-state index < -0.39 is 0 Å². The number of carbonyl (C=O) groups excluding carboxylic acids is 1. The Bertz CT molecular complexity index is 179. The van der Waals surface area contributed by atoms with Crippen molar-refractivity contribution in [2.45, 2.75) is 25.0 Å². The Kier molecular flexibility index (Phi) is 2.32. The maximum Gasteiger partial charge on any atom is 0.261 e. The third-order valence-electron chi connectivity index (χ3n) is 1.31. The van der Waals surface area contributed by atoms with Crippen molar-refractivity contribution in [3.8, 4) is 0 Å². The van der Waals surface area contributed by atoms with Crippen molar-refractivity contribution in [2.75, 3.05) is 0 Å². The molecule has 0 saturated heterocycles. The standard InChI is InChI=1S/C6H10N2OS/c1-2-3-4-5(9)8-6(7)10-4/h4H,2-3H2,1H3,(H2,7,8,9)/t4-/m1/s1. The molecule has 0 aromatic rings. The number of hydrogen-bond donors (Lipinski definition) is 1. The van der Waals surface area contributed by atoms with E-state index in [2.05, 4.69) is 4.99 Å². The van der Waals surface area contributed by atoms with E-state index in [1.807, 2.05) is 6.92 Å². The average molecular weight is 158 g/mol. The van der Waals surface area contributed by atoms with Gasteiger partial charge in [-0.1, -0.05) is 25.1 Å². The van der Waals surface area contributed by atoms with Gasteiger partial charge in [-0.25, -0.2) is 0 Å². The summed E-state index contributed by atoms with van der Waals surface area (Å²) in [5.41, 5.74) is 5.34. The van der Waals surface area contributed by atoms with Crippen molar-refractivity contribution in [1.29, 1.82) is 0 Å². The Morgan fingerprint density at radius 1 is 1.80 bits per heavy atom. The van der Waals surface area contributed by atoms with Gasteiger partial charge in [0.1, 0.15) is 0 Å². The van der Waals surface area contributed by atoms with Crippen LogP contribution in [0.5, 0.6) is 0 Å². The van der Waals surface area contributed by atoms with Gasteiger partial charge >= 0.3 is 0 Å². The molecule has 0 radical (unpaired) electrons. The fraction of sp³-hybridized carbons (Fsp3) is 0.667. The maximum absolute atomic E-state index is 10.9. The molecule has 0 aliphatic carbocycles. The highest BCUT2D eigenvalue weighted by Gasteiger charge is 2.25. The molecule has 0 fully saturated rings. The lowest BCUT2D eigenvalue weighted by atomic mass is 10.2. The second-order valence-corrected chi connectivity index (χ2v) is 3.41. The zero-order chi connectivity index (χ0) is 7.56. The van der Waals surface area contributed by atoms with Gasteiger partial charge in [0.05, 0.1) is 5.25 Å². The Hall–Kier alpha value is -0.510. The highest BCUT2D eigenvalue weighted by atomic mass is 32.2. The molecule has 0 aromatic heterocycles. The smallest absolute Gasteiger partial charge is 0.261 e. The summed E-state index contributed by atoms with van der Waals surface area (Å²) in [6.45, 7) is 2.04. The van der Waals surface area contributed by atoms with Crippen molar-refractivity contribution in [1.82, 2.24) is 0 Å². The van der Waals surface area contributed by atoms with E-state index in [9.17, 15) is 4.79 Å². The number of thioether (sulfide) groups is 1. The first-order valence-corrected chi connectivity index (χ1v) is 4.16. The number of aliphatic imine (C=N–C) groups is 1. The largest absolute Gasteiger partial charge is 0.378 e. The first-order chi connectivity index (χ1) is 4.74. The lowest BCUT2D eigenvalue weighted by Gasteiger charge is -2.00. The molecule has 0 bridgehead atoms. The van der Waals surface area contributed by atoms with Gasteiger partial charge in [0.15, 0.2) is 5.17 Å². The van der Waals surface area contributed by atoms with E-state index in [4.69, 9.17) is 5.73 Å².